The number of piperidine rings is 1. The molecule has 1 amide bonds. The van der Waals surface area contributed by atoms with Crippen molar-refractivity contribution < 1.29 is 18.3 Å². The Morgan fingerprint density at radius 2 is 1.94 bits per heavy atom. The molecule has 0 radical (unpaired) electrons. The molecule has 9 heteroatoms. The first-order valence-corrected chi connectivity index (χ1v) is 12.0. The second kappa shape index (κ2) is 11.4. The van der Waals surface area contributed by atoms with Crippen LogP contribution in [0.2, 0.25) is 0 Å². The van der Waals surface area contributed by atoms with Crippen molar-refractivity contribution in [3.8, 4) is 5.75 Å². The Morgan fingerprint density at radius 1 is 1.17 bits per heavy atom. The molecule has 35 heavy (non-hydrogen) atoms. The smallest absolute Gasteiger partial charge is 0.257 e. The Kier molecular flexibility index (Phi) is 8.07. The van der Waals surface area contributed by atoms with Crippen molar-refractivity contribution in [2.45, 2.75) is 31.7 Å². The van der Waals surface area contributed by atoms with Gasteiger partial charge in [0, 0.05) is 37.8 Å². The lowest BCUT2D eigenvalue weighted by molar-refractivity contribution is 0.0623. The van der Waals surface area contributed by atoms with Crippen molar-refractivity contribution in [1.29, 1.82) is 0 Å². The van der Waals surface area contributed by atoms with E-state index in [1.165, 1.54) is 6.20 Å². The molecule has 1 atom stereocenters. The van der Waals surface area contributed by atoms with Gasteiger partial charge in [-0.05, 0) is 51.9 Å². The molecule has 7 nitrogen and oxygen atoms in total. The normalized spacial score (nSPS) is 16.0. The zero-order valence-electron chi connectivity index (χ0n) is 20.1. The van der Waals surface area contributed by atoms with Gasteiger partial charge in [-0.2, -0.15) is 0 Å². The summed E-state index contributed by atoms with van der Waals surface area (Å²) in [6.07, 6.45) is 5.17. The summed E-state index contributed by atoms with van der Waals surface area (Å²) < 4.78 is 33.0. The Hall–Kier alpha value is -3.33. The largest absolute Gasteiger partial charge is 0.493 e. The van der Waals surface area contributed by atoms with E-state index in [2.05, 4.69) is 20.2 Å². The molecule has 2 aromatic carbocycles. The van der Waals surface area contributed by atoms with Crippen LogP contribution in [0.4, 0.5) is 14.6 Å². The number of ether oxygens (including phenoxy) is 1. The third-order valence-corrected chi connectivity index (χ3v) is 6.12. The number of carbonyl (C=O) groups excluding carboxylic acids is 1. The highest BCUT2D eigenvalue weighted by Crippen LogP contribution is 2.25. The van der Waals surface area contributed by atoms with E-state index in [1.807, 2.05) is 43.3 Å². The Morgan fingerprint density at radius 3 is 2.74 bits per heavy atom. The van der Waals surface area contributed by atoms with Crippen LogP contribution in [0.5, 0.6) is 5.75 Å². The number of amides is 1. The molecular weight excluding hydrogens is 452 g/mol. The van der Waals surface area contributed by atoms with Gasteiger partial charge < -0.3 is 19.9 Å². The van der Waals surface area contributed by atoms with Gasteiger partial charge in [-0.3, -0.25) is 9.78 Å². The highest BCUT2D eigenvalue weighted by Gasteiger charge is 2.29. The standard InChI is InChI=1S/C26H31F2N5O2/c1-32(2)11-7-13-35-24-10-4-3-9-19(24)26(34)33-12-6-5-8-18(33)16-30-25-17-29-22-14-20(27)21(28)15-23(22)31-25/h3-4,9-10,14-15,17-18H,5-8,11-13,16H2,1-2H3,(H,30,31)/t18-/m0/s1. The monoisotopic (exact) mass is 483 g/mol. The molecular formula is C26H31F2N5O2. The first-order valence-electron chi connectivity index (χ1n) is 12.0. The number of nitrogens with zero attached hydrogens (tertiary/aromatic N) is 4. The summed E-state index contributed by atoms with van der Waals surface area (Å²) in [5.74, 6) is -0.919. The summed E-state index contributed by atoms with van der Waals surface area (Å²) in [5, 5.41) is 3.22. The summed E-state index contributed by atoms with van der Waals surface area (Å²) in [6, 6.07) is 9.40. The highest BCUT2D eigenvalue weighted by atomic mass is 19.2. The fourth-order valence-corrected chi connectivity index (χ4v) is 4.28. The molecule has 4 rings (SSSR count). The van der Waals surface area contributed by atoms with Crippen molar-refractivity contribution in [3.63, 3.8) is 0 Å². The van der Waals surface area contributed by atoms with Crippen LogP contribution in [-0.4, -0.2) is 72.1 Å². The van der Waals surface area contributed by atoms with E-state index < -0.39 is 11.6 Å². The Bertz CT molecular complexity index is 1170. The van der Waals surface area contributed by atoms with Gasteiger partial charge >= 0.3 is 0 Å². The molecule has 1 fully saturated rings. The lowest BCUT2D eigenvalue weighted by atomic mass is 10.0. The van der Waals surface area contributed by atoms with E-state index in [0.717, 1.165) is 44.4 Å². The first kappa shape index (κ1) is 24.8. The molecule has 1 aromatic heterocycles. The summed E-state index contributed by atoms with van der Waals surface area (Å²) in [6.45, 7) is 2.59. The quantitative estimate of drug-likeness (QED) is 0.457. The van der Waals surface area contributed by atoms with Gasteiger partial charge in [0.15, 0.2) is 11.6 Å². The number of fused-ring (bicyclic) bond motifs is 1. The summed E-state index contributed by atoms with van der Waals surface area (Å²) in [4.78, 5) is 26.0. The van der Waals surface area contributed by atoms with Crippen LogP contribution in [0.15, 0.2) is 42.6 Å². The summed E-state index contributed by atoms with van der Waals surface area (Å²) in [5.41, 5.74) is 1.11. The van der Waals surface area contributed by atoms with Gasteiger partial charge in [-0.1, -0.05) is 12.1 Å². The number of benzene rings is 2. The van der Waals surface area contributed by atoms with E-state index in [1.54, 1.807) is 0 Å². The predicted octanol–water partition coefficient (Wildman–Crippen LogP) is 4.35. The molecule has 1 aliphatic heterocycles. The molecule has 0 bridgehead atoms. The van der Waals surface area contributed by atoms with E-state index in [-0.39, 0.29) is 23.0 Å². The molecule has 0 saturated carbocycles. The maximum Gasteiger partial charge on any atom is 0.257 e. The summed E-state index contributed by atoms with van der Waals surface area (Å²) in [7, 11) is 4.03. The fraction of sp³-hybridized carbons (Fsp3) is 0.423. The number of likely N-dealkylation sites (tertiary alicyclic amines) is 1. The molecule has 186 valence electrons. The number of para-hydroxylation sites is 1. The van der Waals surface area contributed by atoms with Gasteiger partial charge in [0.1, 0.15) is 11.6 Å². The number of halogens is 2. The first-order chi connectivity index (χ1) is 16.9. The van der Waals surface area contributed by atoms with Crippen molar-refractivity contribution in [2.75, 3.05) is 45.7 Å². The van der Waals surface area contributed by atoms with Crippen LogP contribution in [-0.2, 0) is 0 Å². The van der Waals surface area contributed by atoms with E-state index >= 15 is 0 Å². The van der Waals surface area contributed by atoms with Crippen LogP contribution in [0.25, 0.3) is 11.0 Å². The third kappa shape index (κ3) is 6.22. The molecule has 0 aliphatic carbocycles. The number of hydrogen-bond acceptors (Lipinski definition) is 6. The lowest BCUT2D eigenvalue weighted by Gasteiger charge is -2.36. The van der Waals surface area contributed by atoms with E-state index in [4.69, 9.17) is 4.74 Å². The average molecular weight is 484 g/mol. The van der Waals surface area contributed by atoms with Gasteiger partial charge in [-0.15, -0.1) is 0 Å². The zero-order chi connectivity index (χ0) is 24.8. The van der Waals surface area contributed by atoms with Gasteiger partial charge in [0.2, 0.25) is 0 Å². The number of aromatic nitrogens is 2. The van der Waals surface area contributed by atoms with Crippen LogP contribution >= 0.6 is 0 Å². The number of hydrogen-bond donors (Lipinski definition) is 1. The lowest BCUT2D eigenvalue weighted by Crippen LogP contribution is -2.47. The molecule has 1 N–H and O–H groups in total. The van der Waals surface area contributed by atoms with Crippen molar-refractivity contribution >= 4 is 22.8 Å². The number of rotatable bonds is 9. The van der Waals surface area contributed by atoms with Gasteiger partial charge in [-0.25, -0.2) is 13.8 Å². The zero-order valence-corrected chi connectivity index (χ0v) is 20.1. The van der Waals surface area contributed by atoms with E-state index in [9.17, 15) is 13.6 Å². The highest BCUT2D eigenvalue weighted by molar-refractivity contribution is 5.97. The molecule has 1 aliphatic rings. The minimum Gasteiger partial charge on any atom is -0.493 e. The van der Waals surface area contributed by atoms with Crippen LogP contribution in [0.3, 0.4) is 0 Å². The van der Waals surface area contributed by atoms with Crippen LogP contribution in [0.1, 0.15) is 36.0 Å². The van der Waals surface area contributed by atoms with Crippen LogP contribution in [0, 0.1) is 11.6 Å². The second-order valence-corrected chi connectivity index (χ2v) is 9.04. The Labute approximate surface area is 204 Å². The van der Waals surface area contributed by atoms with E-state index in [0.29, 0.717) is 36.8 Å². The molecule has 1 saturated heterocycles. The minimum atomic E-state index is -0.962. The van der Waals surface area contributed by atoms with Gasteiger partial charge in [0.05, 0.1) is 29.4 Å². The van der Waals surface area contributed by atoms with Gasteiger partial charge in [0.25, 0.3) is 5.91 Å². The Balaban J connectivity index is 1.44. The topological polar surface area (TPSA) is 70.6 Å². The van der Waals surface area contributed by atoms with Crippen molar-refractivity contribution in [3.05, 3.63) is 59.8 Å². The van der Waals surface area contributed by atoms with Crippen LogP contribution < -0.4 is 10.1 Å². The SMILES string of the molecule is CN(C)CCCOc1ccccc1C(=O)N1CCCC[C@H]1CNc1cnc2cc(F)c(F)cc2n1. The molecule has 0 unspecified atom stereocenters. The molecule has 0 spiro atoms. The summed E-state index contributed by atoms with van der Waals surface area (Å²) >= 11 is 0. The fourth-order valence-electron chi connectivity index (χ4n) is 4.28. The minimum absolute atomic E-state index is 0.0412. The maximum absolute atomic E-state index is 13.6. The average Bonchev–Trinajstić information content (AvgIpc) is 2.86. The maximum atomic E-state index is 13.6. The number of anilines is 1. The van der Waals surface area contributed by atoms with Crippen molar-refractivity contribution in [1.82, 2.24) is 19.8 Å². The third-order valence-electron chi connectivity index (χ3n) is 6.12. The molecule has 2 heterocycles. The number of carbonyl (C=O) groups is 1. The number of nitrogens with one attached hydrogen (secondary N) is 1. The molecule has 3 aromatic rings. The predicted molar refractivity (Wildman–Crippen MR) is 132 cm³/mol. The second-order valence-electron chi connectivity index (χ2n) is 9.04. The van der Waals surface area contributed by atoms with Crippen molar-refractivity contribution in [2.24, 2.45) is 0 Å².